The van der Waals surface area contributed by atoms with Crippen molar-refractivity contribution in [1.29, 1.82) is 10.7 Å². The molecule has 8 heteroatoms. The smallest absolute Gasteiger partial charge is 0.320 e. The van der Waals surface area contributed by atoms with E-state index in [1.807, 2.05) is 31.2 Å². The predicted molar refractivity (Wildman–Crippen MR) is 119 cm³/mol. The van der Waals surface area contributed by atoms with Crippen molar-refractivity contribution in [1.82, 2.24) is 10.3 Å². The maximum atomic E-state index is 12.3. The summed E-state index contributed by atoms with van der Waals surface area (Å²) >= 11 is 6.06. The van der Waals surface area contributed by atoms with Crippen molar-refractivity contribution < 1.29 is 4.79 Å². The lowest BCUT2D eigenvalue weighted by Gasteiger charge is -2.23. The van der Waals surface area contributed by atoms with Crippen LogP contribution in [0, 0.1) is 22.7 Å². The van der Waals surface area contributed by atoms with E-state index in [1.165, 1.54) is 12.3 Å². The van der Waals surface area contributed by atoms with Gasteiger partial charge in [0, 0.05) is 46.1 Å². The number of hydrogen-bond acceptors (Lipinski definition) is 5. The van der Waals surface area contributed by atoms with Gasteiger partial charge >= 0.3 is 6.03 Å². The molecule has 30 heavy (non-hydrogen) atoms. The number of carbonyl (C=O) groups is 1. The number of rotatable bonds is 5. The van der Waals surface area contributed by atoms with E-state index in [1.54, 1.807) is 24.3 Å². The molecule has 2 amide bonds. The van der Waals surface area contributed by atoms with Gasteiger partial charge in [0.25, 0.3) is 0 Å². The number of halogens is 1. The minimum atomic E-state index is -0.400. The molecule has 7 nitrogen and oxygen atoms in total. The lowest BCUT2D eigenvalue weighted by atomic mass is 9.94. The fourth-order valence-electron chi connectivity index (χ4n) is 3.09. The number of benzene rings is 1. The summed E-state index contributed by atoms with van der Waals surface area (Å²) in [5.74, 6) is 0.396. The maximum absolute atomic E-state index is 12.3. The number of pyridine rings is 1. The van der Waals surface area contributed by atoms with Gasteiger partial charge in [0.15, 0.2) is 0 Å². The number of urea groups is 1. The van der Waals surface area contributed by atoms with Gasteiger partial charge in [-0.05, 0) is 31.6 Å². The molecule has 0 spiro atoms. The number of amides is 2. The van der Waals surface area contributed by atoms with E-state index < -0.39 is 6.03 Å². The SMILES string of the molecule is CC(NC(=O)Nc1cc(N)c(C(=N)c2ccc(C#N)cc2)cn1)C1C=CC=C(Cl)C1. The second-order valence-electron chi connectivity index (χ2n) is 6.97. The minimum Gasteiger partial charge on any atom is -0.398 e. The Morgan fingerprint density at radius 1 is 1.40 bits per heavy atom. The van der Waals surface area contributed by atoms with Crippen LogP contribution >= 0.6 is 11.6 Å². The Morgan fingerprint density at radius 2 is 2.13 bits per heavy atom. The molecule has 0 bridgehead atoms. The summed E-state index contributed by atoms with van der Waals surface area (Å²) in [7, 11) is 0. The van der Waals surface area contributed by atoms with Gasteiger partial charge < -0.3 is 11.1 Å². The maximum Gasteiger partial charge on any atom is 0.320 e. The monoisotopic (exact) mass is 420 g/mol. The molecule has 1 aromatic carbocycles. The molecule has 5 N–H and O–H groups in total. The zero-order valence-electron chi connectivity index (χ0n) is 16.3. The Hall–Kier alpha value is -3.63. The van der Waals surface area contributed by atoms with Gasteiger partial charge in [-0.1, -0.05) is 35.9 Å². The summed E-state index contributed by atoms with van der Waals surface area (Å²) in [6.07, 6.45) is 7.86. The summed E-state index contributed by atoms with van der Waals surface area (Å²) in [6, 6.07) is 9.67. The molecular formula is C22H21ClN6O. The van der Waals surface area contributed by atoms with E-state index in [2.05, 4.69) is 15.6 Å². The zero-order chi connectivity index (χ0) is 21.7. The quantitative estimate of drug-likeness (QED) is 0.541. The Kier molecular flexibility index (Phi) is 6.50. The van der Waals surface area contributed by atoms with Gasteiger partial charge in [-0.3, -0.25) is 10.7 Å². The van der Waals surface area contributed by atoms with Crippen LogP contribution in [0.2, 0.25) is 0 Å². The van der Waals surface area contributed by atoms with Crippen molar-refractivity contribution in [3.63, 3.8) is 0 Å². The van der Waals surface area contributed by atoms with Gasteiger partial charge in [0.1, 0.15) is 5.82 Å². The van der Waals surface area contributed by atoms with Gasteiger partial charge in [-0.15, -0.1) is 0 Å². The van der Waals surface area contributed by atoms with Crippen molar-refractivity contribution in [2.45, 2.75) is 19.4 Å². The van der Waals surface area contributed by atoms with E-state index in [0.717, 1.165) is 5.03 Å². The molecule has 3 rings (SSSR count). The van der Waals surface area contributed by atoms with E-state index in [0.29, 0.717) is 28.8 Å². The number of nitrogen functional groups attached to an aromatic ring is 1. The minimum absolute atomic E-state index is 0.113. The first-order valence-corrected chi connectivity index (χ1v) is 9.70. The Balaban J connectivity index is 1.64. The number of hydrogen-bond donors (Lipinski definition) is 4. The van der Waals surface area contributed by atoms with Crippen LogP contribution in [0.5, 0.6) is 0 Å². The first-order valence-electron chi connectivity index (χ1n) is 9.32. The standard InChI is InChI=1S/C22H21ClN6O/c1-13(16-3-2-4-17(23)9-16)28-22(30)29-20-10-19(25)18(12-27-20)21(26)15-7-5-14(11-24)6-8-15/h2-8,10,12-13,16,26H,9H2,1H3,(H4,25,27,28,29,30). The third kappa shape index (κ3) is 5.04. The molecule has 2 unspecified atom stereocenters. The van der Waals surface area contributed by atoms with Gasteiger partial charge in [0.05, 0.1) is 17.3 Å². The molecule has 2 aromatic rings. The number of nitrogens with zero attached hydrogens (tertiary/aromatic N) is 2. The van der Waals surface area contributed by atoms with Crippen LogP contribution in [0.4, 0.5) is 16.3 Å². The average molecular weight is 421 g/mol. The van der Waals surface area contributed by atoms with E-state index in [4.69, 9.17) is 28.0 Å². The molecule has 0 radical (unpaired) electrons. The average Bonchev–Trinajstić information content (AvgIpc) is 2.73. The molecule has 1 aromatic heterocycles. The topological polar surface area (TPSA) is 128 Å². The Labute approximate surface area is 179 Å². The summed E-state index contributed by atoms with van der Waals surface area (Å²) in [5, 5.41) is 23.5. The van der Waals surface area contributed by atoms with Crippen molar-refractivity contribution in [2.75, 3.05) is 11.1 Å². The summed E-state index contributed by atoms with van der Waals surface area (Å²) in [5.41, 5.74) is 8.15. The molecule has 152 valence electrons. The van der Waals surface area contributed by atoms with Crippen molar-refractivity contribution in [3.05, 3.63) is 76.5 Å². The third-order valence-corrected chi connectivity index (χ3v) is 5.10. The normalized spacial score (nSPS) is 16.2. The van der Waals surface area contributed by atoms with Gasteiger partial charge in [-0.2, -0.15) is 5.26 Å². The predicted octanol–water partition coefficient (Wildman–Crippen LogP) is 4.16. The largest absolute Gasteiger partial charge is 0.398 e. The van der Waals surface area contributed by atoms with Crippen LogP contribution in [0.1, 0.15) is 30.0 Å². The molecule has 2 atom stereocenters. The highest BCUT2D eigenvalue weighted by molar-refractivity contribution is 6.29. The first kappa shape index (κ1) is 21.1. The summed E-state index contributed by atoms with van der Waals surface area (Å²) < 4.78 is 0. The number of nitrogens with two attached hydrogens (primary N) is 1. The molecule has 0 saturated carbocycles. The first-order chi connectivity index (χ1) is 14.4. The Bertz CT molecular complexity index is 1070. The highest BCUT2D eigenvalue weighted by Gasteiger charge is 2.20. The number of aromatic nitrogens is 1. The van der Waals surface area contributed by atoms with Crippen LogP contribution in [0.15, 0.2) is 59.8 Å². The fraction of sp³-hybridized carbons (Fsp3) is 0.182. The number of nitrogens with one attached hydrogen (secondary N) is 3. The van der Waals surface area contributed by atoms with E-state index >= 15 is 0 Å². The van der Waals surface area contributed by atoms with Crippen LogP contribution in [0.3, 0.4) is 0 Å². The van der Waals surface area contributed by atoms with Crippen LogP contribution in [-0.2, 0) is 0 Å². The lowest BCUT2D eigenvalue weighted by Crippen LogP contribution is -2.40. The molecule has 0 fully saturated rings. The van der Waals surface area contributed by atoms with Crippen molar-refractivity contribution in [2.24, 2.45) is 5.92 Å². The molecule has 1 aliphatic rings. The Morgan fingerprint density at radius 3 is 2.77 bits per heavy atom. The van der Waals surface area contributed by atoms with Crippen LogP contribution < -0.4 is 16.4 Å². The molecular weight excluding hydrogens is 400 g/mol. The molecule has 0 saturated heterocycles. The van der Waals surface area contributed by atoms with E-state index in [-0.39, 0.29) is 23.5 Å². The van der Waals surface area contributed by atoms with Crippen LogP contribution in [-0.4, -0.2) is 22.8 Å². The van der Waals surface area contributed by atoms with Crippen molar-refractivity contribution >= 4 is 34.8 Å². The van der Waals surface area contributed by atoms with E-state index in [9.17, 15) is 4.79 Å². The summed E-state index contributed by atoms with van der Waals surface area (Å²) in [4.78, 5) is 16.5. The number of carbonyl (C=O) groups excluding carboxylic acids is 1. The lowest BCUT2D eigenvalue weighted by molar-refractivity contribution is 0.246. The third-order valence-electron chi connectivity index (χ3n) is 4.82. The number of nitriles is 1. The summed E-state index contributed by atoms with van der Waals surface area (Å²) in [6.45, 7) is 1.91. The zero-order valence-corrected chi connectivity index (χ0v) is 17.1. The number of allylic oxidation sites excluding steroid dienone is 3. The van der Waals surface area contributed by atoms with Crippen molar-refractivity contribution in [3.8, 4) is 6.07 Å². The fourth-order valence-corrected chi connectivity index (χ4v) is 3.34. The molecule has 0 aliphatic heterocycles. The highest BCUT2D eigenvalue weighted by atomic mass is 35.5. The highest BCUT2D eigenvalue weighted by Crippen LogP contribution is 2.24. The van der Waals surface area contributed by atoms with Crippen LogP contribution in [0.25, 0.3) is 0 Å². The molecule has 1 aliphatic carbocycles. The van der Waals surface area contributed by atoms with Gasteiger partial charge in [0.2, 0.25) is 0 Å². The number of anilines is 2. The molecule has 1 heterocycles. The van der Waals surface area contributed by atoms with Gasteiger partial charge in [-0.25, -0.2) is 9.78 Å². The second-order valence-corrected chi connectivity index (χ2v) is 7.46. The second kappa shape index (κ2) is 9.25.